The lowest BCUT2D eigenvalue weighted by Gasteiger charge is -1.96. The van der Waals surface area contributed by atoms with Gasteiger partial charge in [0.1, 0.15) is 0 Å². The van der Waals surface area contributed by atoms with Crippen LogP contribution in [0.1, 0.15) is 5.56 Å². The van der Waals surface area contributed by atoms with E-state index in [1.807, 2.05) is 0 Å². The molecule has 70 valence electrons. The second-order valence-electron chi connectivity index (χ2n) is 3.47. The second kappa shape index (κ2) is 4.61. The standard InChI is InChI=1S/C14H14/c1-2-7-13(8-3-1)11-6-12-14-9-4-5-10-14/h1-10,12,14H,11H2. The zero-order valence-corrected chi connectivity index (χ0v) is 8.14. The van der Waals surface area contributed by atoms with Gasteiger partial charge in [0.15, 0.2) is 0 Å². The molecule has 0 radical (unpaired) electrons. The van der Waals surface area contributed by atoms with Crippen LogP contribution in [0.15, 0.2) is 66.8 Å². The van der Waals surface area contributed by atoms with Gasteiger partial charge < -0.3 is 0 Å². The summed E-state index contributed by atoms with van der Waals surface area (Å²) in [5.74, 6) is 0.513. The molecule has 0 saturated heterocycles. The minimum absolute atomic E-state index is 0.513. The average Bonchev–Trinajstić information content (AvgIpc) is 2.72. The van der Waals surface area contributed by atoms with Crippen molar-refractivity contribution in [2.45, 2.75) is 6.42 Å². The molecule has 0 spiro atoms. The number of hydrogen-bond acceptors (Lipinski definition) is 0. The van der Waals surface area contributed by atoms with E-state index in [2.05, 4.69) is 66.8 Å². The third kappa shape index (κ3) is 2.46. The number of hydrogen-bond donors (Lipinski definition) is 0. The van der Waals surface area contributed by atoms with Crippen molar-refractivity contribution >= 4 is 0 Å². The maximum absolute atomic E-state index is 2.24. The molecule has 0 fully saturated rings. The van der Waals surface area contributed by atoms with Crippen molar-refractivity contribution in [2.24, 2.45) is 5.92 Å². The summed E-state index contributed by atoms with van der Waals surface area (Å²) in [5, 5.41) is 0. The van der Waals surface area contributed by atoms with E-state index >= 15 is 0 Å². The summed E-state index contributed by atoms with van der Waals surface area (Å²) in [7, 11) is 0. The second-order valence-corrected chi connectivity index (χ2v) is 3.47. The fourth-order valence-electron chi connectivity index (χ4n) is 1.55. The summed E-state index contributed by atoms with van der Waals surface area (Å²) in [4.78, 5) is 0. The van der Waals surface area contributed by atoms with Gasteiger partial charge in [0.25, 0.3) is 0 Å². The predicted octanol–water partition coefficient (Wildman–Crippen LogP) is 3.53. The summed E-state index contributed by atoms with van der Waals surface area (Å²) >= 11 is 0. The number of allylic oxidation sites excluding steroid dienone is 6. The molecule has 0 amide bonds. The quantitative estimate of drug-likeness (QED) is 0.627. The molecule has 0 heterocycles. The van der Waals surface area contributed by atoms with Gasteiger partial charge in [0.05, 0.1) is 0 Å². The first-order valence-corrected chi connectivity index (χ1v) is 5.01. The van der Waals surface area contributed by atoms with Gasteiger partial charge >= 0.3 is 0 Å². The highest BCUT2D eigenvalue weighted by Crippen LogP contribution is 2.10. The van der Waals surface area contributed by atoms with Crippen LogP contribution in [0.2, 0.25) is 0 Å². The van der Waals surface area contributed by atoms with Crippen LogP contribution in [-0.4, -0.2) is 0 Å². The van der Waals surface area contributed by atoms with Crippen molar-refractivity contribution in [1.29, 1.82) is 0 Å². The highest BCUT2D eigenvalue weighted by atomic mass is 14.0. The molecule has 0 unspecified atom stereocenters. The zero-order chi connectivity index (χ0) is 9.64. The molecule has 0 bridgehead atoms. The van der Waals surface area contributed by atoms with E-state index in [9.17, 15) is 0 Å². The van der Waals surface area contributed by atoms with Crippen LogP contribution < -0.4 is 0 Å². The van der Waals surface area contributed by atoms with Gasteiger partial charge in [0, 0.05) is 5.92 Å². The van der Waals surface area contributed by atoms with E-state index in [4.69, 9.17) is 0 Å². The highest BCUT2D eigenvalue weighted by Gasteiger charge is 1.96. The van der Waals surface area contributed by atoms with E-state index in [1.165, 1.54) is 5.56 Å². The number of benzene rings is 1. The molecule has 0 aromatic heterocycles. The van der Waals surface area contributed by atoms with Crippen LogP contribution in [0.25, 0.3) is 0 Å². The van der Waals surface area contributed by atoms with E-state index in [0.29, 0.717) is 5.92 Å². The Morgan fingerprint density at radius 2 is 1.71 bits per heavy atom. The Morgan fingerprint density at radius 1 is 1.00 bits per heavy atom. The van der Waals surface area contributed by atoms with Crippen molar-refractivity contribution in [3.05, 3.63) is 72.4 Å². The van der Waals surface area contributed by atoms with E-state index < -0.39 is 0 Å². The van der Waals surface area contributed by atoms with Gasteiger partial charge in [-0.1, -0.05) is 66.8 Å². The topological polar surface area (TPSA) is 0 Å². The molecule has 2 rings (SSSR count). The van der Waals surface area contributed by atoms with E-state index in [-0.39, 0.29) is 0 Å². The lowest BCUT2D eigenvalue weighted by molar-refractivity contribution is 1.07. The smallest absolute Gasteiger partial charge is 0.0133 e. The van der Waals surface area contributed by atoms with Crippen molar-refractivity contribution in [1.82, 2.24) is 0 Å². The van der Waals surface area contributed by atoms with Gasteiger partial charge in [-0.3, -0.25) is 0 Å². The van der Waals surface area contributed by atoms with Crippen molar-refractivity contribution in [3.8, 4) is 0 Å². The first-order chi connectivity index (χ1) is 6.95. The van der Waals surface area contributed by atoms with Gasteiger partial charge in [0.2, 0.25) is 0 Å². The summed E-state index contributed by atoms with van der Waals surface area (Å²) in [6.07, 6.45) is 14.1. The first-order valence-electron chi connectivity index (χ1n) is 5.01. The zero-order valence-electron chi connectivity index (χ0n) is 8.14. The Hall–Kier alpha value is -1.56. The Bertz CT molecular complexity index is 343. The van der Waals surface area contributed by atoms with Crippen LogP contribution in [0.3, 0.4) is 0 Å². The molecule has 14 heavy (non-hydrogen) atoms. The molecule has 1 aromatic carbocycles. The minimum atomic E-state index is 0.513. The number of rotatable bonds is 3. The molecular weight excluding hydrogens is 168 g/mol. The van der Waals surface area contributed by atoms with E-state index in [0.717, 1.165) is 6.42 Å². The molecule has 0 heteroatoms. The molecule has 0 atom stereocenters. The van der Waals surface area contributed by atoms with Gasteiger partial charge in [-0.15, -0.1) is 0 Å². The lowest BCUT2D eigenvalue weighted by atomic mass is 10.1. The van der Waals surface area contributed by atoms with Crippen molar-refractivity contribution < 1.29 is 0 Å². The Kier molecular flexibility index (Phi) is 2.97. The van der Waals surface area contributed by atoms with Crippen LogP contribution in [0.5, 0.6) is 0 Å². The van der Waals surface area contributed by atoms with Crippen molar-refractivity contribution in [3.63, 3.8) is 0 Å². The third-order valence-corrected chi connectivity index (χ3v) is 2.33. The normalized spacial score (nSPS) is 15.7. The third-order valence-electron chi connectivity index (χ3n) is 2.33. The van der Waals surface area contributed by atoms with E-state index in [1.54, 1.807) is 0 Å². The summed E-state index contributed by atoms with van der Waals surface area (Å²) in [5.41, 5.74) is 1.37. The Labute approximate surface area is 85.3 Å². The molecular formula is C14H14. The fraction of sp³-hybridized carbons (Fsp3) is 0.143. The Morgan fingerprint density at radius 3 is 2.43 bits per heavy atom. The predicted molar refractivity (Wildman–Crippen MR) is 61.1 cm³/mol. The van der Waals surface area contributed by atoms with Gasteiger partial charge in [-0.25, -0.2) is 0 Å². The monoisotopic (exact) mass is 182 g/mol. The van der Waals surface area contributed by atoms with Crippen molar-refractivity contribution in [2.75, 3.05) is 0 Å². The van der Waals surface area contributed by atoms with Crippen LogP contribution in [0.4, 0.5) is 0 Å². The maximum atomic E-state index is 2.24. The molecule has 0 saturated carbocycles. The molecule has 1 aliphatic rings. The summed E-state index contributed by atoms with van der Waals surface area (Å²) in [6.45, 7) is 0. The van der Waals surface area contributed by atoms with Crippen LogP contribution >= 0.6 is 0 Å². The molecule has 1 aliphatic carbocycles. The molecule has 0 aliphatic heterocycles. The summed E-state index contributed by atoms with van der Waals surface area (Å²) < 4.78 is 0. The van der Waals surface area contributed by atoms with Gasteiger partial charge in [-0.2, -0.15) is 0 Å². The Balaban J connectivity index is 1.88. The van der Waals surface area contributed by atoms with Crippen LogP contribution in [0, 0.1) is 5.92 Å². The highest BCUT2D eigenvalue weighted by molar-refractivity contribution is 5.24. The SMILES string of the molecule is C1=CC(C=CCc2ccccc2)C=C1. The minimum Gasteiger partial charge on any atom is -0.0832 e. The first kappa shape index (κ1) is 9.01. The molecule has 0 N–H and O–H groups in total. The lowest BCUT2D eigenvalue weighted by Crippen LogP contribution is -1.83. The molecule has 0 nitrogen and oxygen atoms in total. The maximum Gasteiger partial charge on any atom is 0.0133 e. The average molecular weight is 182 g/mol. The molecule has 1 aromatic rings. The summed E-state index contributed by atoms with van der Waals surface area (Å²) in [6, 6.07) is 10.5. The van der Waals surface area contributed by atoms with Gasteiger partial charge in [-0.05, 0) is 12.0 Å². The largest absolute Gasteiger partial charge is 0.0832 e. The fourth-order valence-corrected chi connectivity index (χ4v) is 1.55. The van der Waals surface area contributed by atoms with Crippen LogP contribution in [-0.2, 0) is 6.42 Å².